The summed E-state index contributed by atoms with van der Waals surface area (Å²) in [5.74, 6) is -1.50. The molecule has 3 aromatic rings. The summed E-state index contributed by atoms with van der Waals surface area (Å²) in [7, 11) is 0. The number of hydrogen-bond donors (Lipinski definition) is 1. The zero-order valence-electron chi connectivity index (χ0n) is 14.9. The molecule has 2 heterocycles. The average Bonchev–Trinajstić information content (AvgIpc) is 3.05. The number of aromatic nitrogens is 1. The lowest BCUT2D eigenvalue weighted by Crippen LogP contribution is -2.39. The van der Waals surface area contributed by atoms with Gasteiger partial charge >= 0.3 is 6.03 Å². The fraction of sp³-hybridized carbons (Fsp3) is 0.190. The second-order valence-corrected chi connectivity index (χ2v) is 7.12. The number of urea groups is 1. The molecule has 0 aliphatic carbocycles. The van der Waals surface area contributed by atoms with E-state index in [0.717, 1.165) is 36.4 Å². The summed E-state index contributed by atoms with van der Waals surface area (Å²) in [6.07, 6.45) is 2.74. The highest BCUT2D eigenvalue weighted by Crippen LogP contribution is 2.33. The summed E-state index contributed by atoms with van der Waals surface area (Å²) in [5.41, 5.74) is 1.82. The van der Waals surface area contributed by atoms with Crippen LogP contribution in [-0.4, -0.2) is 22.0 Å². The first-order chi connectivity index (χ1) is 13.5. The fourth-order valence-corrected chi connectivity index (χ4v) is 3.70. The summed E-state index contributed by atoms with van der Waals surface area (Å²) >= 11 is 6.03. The third-order valence-electron chi connectivity index (χ3n) is 4.87. The van der Waals surface area contributed by atoms with Crippen molar-refractivity contribution in [3.05, 3.63) is 88.7 Å². The van der Waals surface area contributed by atoms with E-state index in [9.17, 15) is 13.6 Å². The first-order valence-electron chi connectivity index (χ1n) is 8.96. The lowest BCUT2D eigenvalue weighted by atomic mass is 10.0. The Bertz CT molecular complexity index is 1000. The summed E-state index contributed by atoms with van der Waals surface area (Å²) in [6.45, 7) is 1.27. The zero-order valence-corrected chi connectivity index (χ0v) is 15.7. The first kappa shape index (κ1) is 18.5. The maximum absolute atomic E-state index is 14.0. The monoisotopic (exact) mass is 401 g/mol. The van der Waals surface area contributed by atoms with E-state index in [2.05, 4.69) is 9.88 Å². The van der Waals surface area contributed by atoms with Gasteiger partial charge in [-0.1, -0.05) is 23.7 Å². The molecular formula is C21H18ClF2N3O. The van der Waals surface area contributed by atoms with Crippen molar-refractivity contribution in [1.82, 2.24) is 9.47 Å². The van der Waals surface area contributed by atoms with Gasteiger partial charge in [-0.05, 0) is 48.4 Å². The van der Waals surface area contributed by atoms with E-state index < -0.39 is 17.7 Å². The highest BCUT2D eigenvalue weighted by atomic mass is 35.5. The number of aryl methyl sites for hydroxylation is 1. The molecule has 0 spiro atoms. The Balaban J connectivity index is 1.70. The minimum absolute atomic E-state index is 0.0547. The lowest BCUT2D eigenvalue weighted by Gasteiger charge is -2.31. The van der Waals surface area contributed by atoms with Crippen LogP contribution in [0.3, 0.4) is 0 Å². The molecule has 28 heavy (non-hydrogen) atoms. The highest BCUT2D eigenvalue weighted by molar-refractivity contribution is 6.30. The number of carbonyl (C=O) groups is 1. The molecule has 7 heteroatoms. The van der Waals surface area contributed by atoms with Crippen LogP contribution in [-0.2, 0) is 6.54 Å². The number of halogens is 3. The zero-order chi connectivity index (χ0) is 19.7. The van der Waals surface area contributed by atoms with E-state index in [-0.39, 0.29) is 11.7 Å². The smallest absolute Gasteiger partial charge is 0.322 e. The van der Waals surface area contributed by atoms with Crippen LogP contribution in [0.1, 0.15) is 23.7 Å². The van der Waals surface area contributed by atoms with Crippen LogP contribution in [0.25, 0.3) is 0 Å². The third-order valence-corrected chi connectivity index (χ3v) is 5.13. The van der Waals surface area contributed by atoms with Crippen LogP contribution in [0.2, 0.25) is 5.02 Å². The Kier molecular flexibility index (Phi) is 5.05. The standard InChI is InChI=1S/C21H18ClF2N3O/c22-15-6-4-14(5-7-15)20-19-3-1-10-26(19)11-2-12-27(20)21(28)25-18-9-8-16(23)13-17(18)24/h1,3-10,13,20H,2,11-12H2,(H,25,28). The predicted octanol–water partition coefficient (Wildman–Crippen LogP) is 5.45. The van der Waals surface area contributed by atoms with Gasteiger partial charge in [0.15, 0.2) is 0 Å². The molecule has 2 aromatic carbocycles. The fourth-order valence-electron chi connectivity index (χ4n) is 3.57. The minimum atomic E-state index is -0.811. The Labute approximate surface area is 166 Å². The Morgan fingerprint density at radius 2 is 1.86 bits per heavy atom. The number of nitrogens with zero attached hydrogens (tertiary/aromatic N) is 2. The second kappa shape index (κ2) is 7.64. The van der Waals surface area contributed by atoms with E-state index in [1.54, 1.807) is 17.0 Å². The summed E-state index contributed by atoms with van der Waals surface area (Å²) < 4.78 is 29.3. The van der Waals surface area contributed by atoms with E-state index in [1.165, 1.54) is 6.07 Å². The summed E-state index contributed by atoms with van der Waals surface area (Å²) in [4.78, 5) is 14.7. The topological polar surface area (TPSA) is 37.3 Å². The Morgan fingerprint density at radius 3 is 2.61 bits per heavy atom. The number of carbonyl (C=O) groups excluding carboxylic acids is 1. The highest BCUT2D eigenvalue weighted by Gasteiger charge is 2.31. The Hall–Kier alpha value is -2.86. The molecule has 144 valence electrons. The normalized spacial score (nSPS) is 16.4. The third kappa shape index (κ3) is 3.60. The molecule has 0 saturated heterocycles. The van der Waals surface area contributed by atoms with Crippen LogP contribution < -0.4 is 5.32 Å². The number of fused-ring (bicyclic) bond motifs is 1. The molecular weight excluding hydrogens is 384 g/mol. The number of rotatable bonds is 2. The molecule has 4 rings (SSSR count). The first-order valence-corrected chi connectivity index (χ1v) is 9.34. The minimum Gasteiger partial charge on any atom is -0.349 e. The predicted molar refractivity (Wildman–Crippen MR) is 104 cm³/mol. The van der Waals surface area contributed by atoms with Crippen molar-refractivity contribution in [2.75, 3.05) is 11.9 Å². The van der Waals surface area contributed by atoms with Gasteiger partial charge in [-0.25, -0.2) is 13.6 Å². The SMILES string of the molecule is O=C(Nc1ccc(F)cc1F)N1CCCn2cccc2C1c1ccc(Cl)cc1. The lowest BCUT2D eigenvalue weighted by molar-refractivity contribution is 0.199. The molecule has 1 aromatic heterocycles. The van der Waals surface area contributed by atoms with Crippen molar-refractivity contribution in [3.63, 3.8) is 0 Å². The molecule has 1 unspecified atom stereocenters. The van der Waals surface area contributed by atoms with Gasteiger partial charge in [0.1, 0.15) is 11.6 Å². The van der Waals surface area contributed by atoms with E-state index >= 15 is 0 Å². The molecule has 2 amide bonds. The number of amides is 2. The summed E-state index contributed by atoms with van der Waals surface area (Å²) in [5, 5.41) is 3.19. The van der Waals surface area contributed by atoms with Gasteiger partial charge in [0, 0.05) is 36.1 Å². The Morgan fingerprint density at radius 1 is 1.07 bits per heavy atom. The second-order valence-electron chi connectivity index (χ2n) is 6.68. The van der Waals surface area contributed by atoms with Crippen molar-refractivity contribution in [3.8, 4) is 0 Å². The largest absolute Gasteiger partial charge is 0.349 e. The molecule has 0 fully saturated rings. The van der Waals surface area contributed by atoms with Gasteiger partial charge < -0.3 is 14.8 Å². The van der Waals surface area contributed by atoms with Crippen LogP contribution in [0, 0.1) is 11.6 Å². The van der Waals surface area contributed by atoms with Crippen molar-refractivity contribution < 1.29 is 13.6 Å². The van der Waals surface area contributed by atoms with Gasteiger partial charge in [0.25, 0.3) is 0 Å². The van der Waals surface area contributed by atoms with E-state index in [4.69, 9.17) is 11.6 Å². The number of anilines is 1. The van der Waals surface area contributed by atoms with Crippen LogP contribution in [0.5, 0.6) is 0 Å². The average molecular weight is 402 g/mol. The maximum atomic E-state index is 14.0. The van der Waals surface area contributed by atoms with Gasteiger partial charge in [-0.3, -0.25) is 0 Å². The molecule has 1 aliphatic heterocycles. The molecule has 1 atom stereocenters. The molecule has 0 radical (unpaired) electrons. The molecule has 1 N–H and O–H groups in total. The van der Waals surface area contributed by atoms with E-state index in [0.29, 0.717) is 11.6 Å². The molecule has 0 saturated carbocycles. The molecule has 1 aliphatic rings. The van der Waals surface area contributed by atoms with Crippen molar-refractivity contribution in [2.45, 2.75) is 19.0 Å². The van der Waals surface area contributed by atoms with Crippen LogP contribution in [0.4, 0.5) is 19.3 Å². The van der Waals surface area contributed by atoms with E-state index in [1.807, 2.05) is 30.5 Å². The van der Waals surface area contributed by atoms with Gasteiger partial charge in [0.05, 0.1) is 11.7 Å². The molecule has 0 bridgehead atoms. The molecule has 4 nitrogen and oxygen atoms in total. The number of hydrogen-bond acceptors (Lipinski definition) is 1. The van der Waals surface area contributed by atoms with Crippen molar-refractivity contribution in [2.24, 2.45) is 0 Å². The van der Waals surface area contributed by atoms with Crippen LogP contribution in [0.15, 0.2) is 60.8 Å². The quantitative estimate of drug-likeness (QED) is 0.609. The van der Waals surface area contributed by atoms with Crippen molar-refractivity contribution in [1.29, 1.82) is 0 Å². The van der Waals surface area contributed by atoms with Gasteiger partial charge in [-0.15, -0.1) is 0 Å². The van der Waals surface area contributed by atoms with Crippen molar-refractivity contribution >= 4 is 23.3 Å². The maximum Gasteiger partial charge on any atom is 0.322 e. The van der Waals surface area contributed by atoms with Gasteiger partial charge in [-0.2, -0.15) is 0 Å². The van der Waals surface area contributed by atoms with Crippen LogP contribution >= 0.6 is 11.6 Å². The number of benzene rings is 2. The summed E-state index contributed by atoms with van der Waals surface area (Å²) in [6, 6.07) is 13.5. The number of nitrogens with one attached hydrogen (secondary N) is 1. The van der Waals surface area contributed by atoms with Gasteiger partial charge in [0.2, 0.25) is 0 Å².